The van der Waals surface area contributed by atoms with E-state index in [2.05, 4.69) is 5.10 Å². The van der Waals surface area contributed by atoms with E-state index < -0.39 is 10.0 Å². The average molecular weight is 259 g/mol. The van der Waals surface area contributed by atoms with Crippen LogP contribution in [0.5, 0.6) is 0 Å². The van der Waals surface area contributed by atoms with Crippen LogP contribution in [-0.2, 0) is 17.1 Å². The van der Waals surface area contributed by atoms with Gasteiger partial charge in [0.1, 0.15) is 4.90 Å². The molecule has 17 heavy (non-hydrogen) atoms. The molecular weight excluding hydrogens is 242 g/mol. The van der Waals surface area contributed by atoms with Gasteiger partial charge >= 0.3 is 0 Å². The number of aromatic nitrogens is 2. The third-order valence-electron chi connectivity index (χ3n) is 2.49. The molecule has 0 bridgehead atoms. The third-order valence-corrected chi connectivity index (χ3v) is 4.42. The molecule has 0 aliphatic heterocycles. The fourth-order valence-electron chi connectivity index (χ4n) is 1.38. The highest BCUT2D eigenvalue weighted by atomic mass is 32.2. The molecule has 0 fully saturated rings. The molecule has 1 aromatic rings. The van der Waals surface area contributed by atoms with Crippen LogP contribution in [0.25, 0.3) is 0 Å². The lowest BCUT2D eigenvalue weighted by molar-refractivity contribution is 0.396. The second-order valence-corrected chi connectivity index (χ2v) is 5.95. The number of rotatable bonds is 5. The van der Waals surface area contributed by atoms with Crippen LogP contribution in [0.15, 0.2) is 17.3 Å². The fourth-order valence-corrected chi connectivity index (χ4v) is 2.73. The average Bonchev–Trinajstić information content (AvgIpc) is 2.63. The van der Waals surface area contributed by atoms with Crippen molar-refractivity contribution < 1.29 is 8.42 Å². The summed E-state index contributed by atoms with van der Waals surface area (Å²) in [6.45, 7) is 1.70. The van der Waals surface area contributed by atoms with Gasteiger partial charge in [-0.2, -0.15) is 9.40 Å². The molecule has 1 heterocycles. The lowest BCUT2D eigenvalue weighted by Gasteiger charge is -2.23. The molecule has 0 aliphatic carbocycles. The van der Waals surface area contributed by atoms with Crippen LogP contribution >= 0.6 is 0 Å². The van der Waals surface area contributed by atoms with Gasteiger partial charge in [-0.3, -0.25) is 10.1 Å². The highest BCUT2D eigenvalue weighted by Crippen LogP contribution is 2.16. The zero-order chi connectivity index (χ0) is 13.2. The molecule has 0 saturated carbocycles. The van der Waals surface area contributed by atoms with Crippen molar-refractivity contribution in [3.05, 3.63) is 12.4 Å². The largest absolute Gasteiger partial charge is 0.388 e. The Balaban J connectivity index is 2.94. The number of aryl methyl sites for hydroxylation is 1. The second-order valence-electron chi connectivity index (χ2n) is 3.95. The maximum Gasteiger partial charge on any atom is 0.246 e. The zero-order valence-corrected chi connectivity index (χ0v) is 10.9. The molecule has 1 unspecified atom stereocenters. The van der Waals surface area contributed by atoms with Gasteiger partial charge in [0.2, 0.25) is 10.0 Å². The van der Waals surface area contributed by atoms with E-state index >= 15 is 0 Å². The molecule has 7 nitrogen and oxygen atoms in total. The number of nitrogens with one attached hydrogen (secondary N) is 1. The summed E-state index contributed by atoms with van der Waals surface area (Å²) in [6.07, 6.45) is 2.94. The van der Waals surface area contributed by atoms with Crippen molar-refractivity contribution in [2.75, 3.05) is 7.05 Å². The van der Waals surface area contributed by atoms with Gasteiger partial charge < -0.3 is 5.73 Å². The topological polar surface area (TPSA) is 105 Å². The van der Waals surface area contributed by atoms with Crippen LogP contribution in [0, 0.1) is 5.41 Å². The second kappa shape index (κ2) is 4.84. The molecule has 1 aromatic heterocycles. The first-order chi connectivity index (χ1) is 7.75. The number of nitrogens with zero attached hydrogens (tertiary/aromatic N) is 3. The van der Waals surface area contributed by atoms with E-state index in [1.807, 2.05) is 0 Å². The van der Waals surface area contributed by atoms with Crippen LogP contribution in [0.1, 0.15) is 13.3 Å². The normalized spacial score (nSPS) is 13.9. The van der Waals surface area contributed by atoms with Crippen LogP contribution in [-0.4, -0.2) is 41.4 Å². The number of amidine groups is 1. The molecule has 1 rings (SSSR count). The summed E-state index contributed by atoms with van der Waals surface area (Å²) < 4.78 is 26.9. The van der Waals surface area contributed by atoms with Crippen molar-refractivity contribution in [3.8, 4) is 0 Å². The summed E-state index contributed by atoms with van der Waals surface area (Å²) in [6, 6.07) is -0.363. The highest BCUT2D eigenvalue weighted by molar-refractivity contribution is 7.89. The molecule has 0 amide bonds. The van der Waals surface area contributed by atoms with E-state index in [0.717, 1.165) is 0 Å². The Morgan fingerprint density at radius 3 is 2.71 bits per heavy atom. The van der Waals surface area contributed by atoms with E-state index in [-0.39, 0.29) is 23.2 Å². The molecule has 0 aliphatic rings. The summed E-state index contributed by atoms with van der Waals surface area (Å²) in [5, 5.41) is 11.0. The summed E-state index contributed by atoms with van der Waals surface area (Å²) >= 11 is 0. The van der Waals surface area contributed by atoms with Crippen molar-refractivity contribution in [3.63, 3.8) is 0 Å². The standard InChI is InChI=1S/C9H17N5O2S/c1-7(4-9(10)11)14(3)17(15,16)8-5-12-13(2)6-8/h5-7H,4H2,1-3H3,(H3,10,11). The van der Waals surface area contributed by atoms with E-state index in [1.165, 1.54) is 28.4 Å². The van der Waals surface area contributed by atoms with Crippen LogP contribution in [0.4, 0.5) is 0 Å². The molecule has 1 atom stereocenters. The Bertz CT molecular complexity index is 507. The molecule has 8 heteroatoms. The number of hydrogen-bond acceptors (Lipinski definition) is 4. The number of sulfonamides is 1. The van der Waals surface area contributed by atoms with Gasteiger partial charge in [-0.15, -0.1) is 0 Å². The first-order valence-corrected chi connectivity index (χ1v) is 6.48. The van der Waals surface area contributed by atoms with Gasteiger partial charge in [0, 0.05) is 32.8 Å². The Morgan fingerprint density at radius 2 is 2.29 bits per heavy atom. The Morgan fingerprint density at radius 1 is 1.71 bits per heavy atom. The minimum absolute atomic E-state index is 0.0364. The molecular formula is C9H17N5O2S. The predicted octanol–water partition coefficient (Wildman–Crippen LogP) is -0.245. The maximum absolute atomic E-state index is 12.1. The number of nitrogens with two attached hydrogens (primary N) is 1. The predicted molar refractivity (Wildman–Crippen MR) is 64.1 cm³/mol. The van der Waals surface area contributed by atoms with Gasteiger partial charge in [0.15, 0.2) is 0 Å². The first kappa shape index (κ1) is 13.7. The van der Waals surface area contributed by atoms with Crippen molar-refractivity contribution in [1.82, 2.24) is 14.1 Å². The first-order valence-electron chi connectivity index (χ1n) is 5.04. The van der Waals surface area contributed by atoms with E-state index in [9.17, 15) is 8.42 Å². The highest BCUT2D eigenvalue weighted by Gasteiger charge is 2.26. The lowest BCUT2D eigenvalue weighted by Crippen LogP contribution is -2.37. The smallest absolute Gasteiger partial charge is 0.246 e. The summed E-state index contributed by atoms with van der Waals surface area (Å²) in [5.41, 5.74) is 5.26. The van der Waals surface area contributed by atoms with E-state index in [1.54, 1.807) is 14.0 Å². The zero-order valence-electron chi connectivity index (χ0n) is 10.1. The molecule has 3 N–H and O–H groups in total. The van der Waals surface area contributed by atoms with Gasteiger partial charge in [-0.05, 0) is 6.92 Å². The van der Waals surface area contributed by atoms with Gasteiger partial charge in [-0.1, -0.05) is 0 Å². The number of hydrogen-bond donors (Lipinski definition) is 2. The van der Waals surface area contributed by atoms with Crippen molar-refractivity contribution in [1.29, 1.82) is 5.41 Å². The Hall–Kier alpha value is -1.41. The third kappa shape index (κ3) is 3.04. The summed E-state index contributed by atoms with van der Waals surface area (Å²) in [7, 11) is -0.446. The molecule has 0 saturated heterocycles. The lowest BCUT2D eigenvalue weighted by atomic mass is 10.2. The van der Waals surface area contributed by atoms with Crippen LogP contribution < -0.4 is 5.73 Å². The Labute approximate surface area is 101 Å². The SMILES string of the molecule is CC(CC(=N)N)N(C)S(=O)(=O)c1cnn(C)c1. The van der Waals surface area contributed by atoms with Crippen molar-refractivity contribution in [2.45, 2.75) is 24.3 Å². The Kier molecular flexibility index (Phi) is 3.89. The van der Waals surface area contributed by atoms with Crippen molar-refractivity contribution >= 4 is 15.9 Å². The minimum atomic E-state index is -3.57. The minimum Gasteiger partial charge on any atom is -0.388 e. The maximum atomic E-state index is 12.1. The monoisotopic (exact) mass is 259 g/mol. The van der Waals surface area contributed by atoms with Crippen molar-refractivity contribution in [2.24, 2.45) is 12.8 Å². The molecule has 0 aromatic carbocycles. The fraction of sp³-hybridized carbons (Fsp3) is 0.556. The van der Waals surface area contributed by atoms with Gasteiger partial charge in [0.05, 0.1) is 12.0 Å². The molecule has 0 spiro atoms. The molecule has 96 valence electrons. The quantitative estimate of drug-likeness (QED) is 0.562. The summed E-state index contributed by atoms with van der Waals surface area (Å²) in [4.78, 5) is 0.137. The van der Waals surface area contributed by atoms with Gasteiger partial charge in [-0.25, -0.2) is 8.42 Å². The van der Waals surface area contributed by atoms with E-state index in [4.69, 9.17) is 11.1 Å². The molecule has 0 radical (unpaired) electrons. The summed E-state index contributed by atoms with van der Waals surface area (Å²) in [5.74, 6) is -0.0364. The van der Waals surface area contributed by atoms with Gasteiger partial charge in [0.25, 0.3) is 0 Å². The van der Waals surface area contributed by atoms with Crippen LogP contribution in [0.2, 0.25) is 0 Å². The van der Waals surface area contributed by atoms with E-state index in [0.29, 0.717) is 0 Å². The van der Waals surface area contributed by atoms with Crippen LogP contribution in [0.3, 0.4) is 0 Å².